The summed E-state index contributed by atoms with van der Waals surface area (Å²) in [6.45, 7) is 7.84. The molecule has 2 aromatic rings. The van der Waals surface area contributed by atoms with E-state index in [1.54, 1.807) is 18.2 Å². The van der Waals surface area contributed by atoms with Gasteiger partial charge in [-0.25, -0.2) is 0 Å². The van der Waals surface area contributed by atoms with Gasteiger partial charge in [0.2, 0.25) is 0 Å². The van der Waals surface area contributed by atoms with Crippen LogP contribution in [0.15, 0.2) is 60.0 Å². The van der Waals surface area contributed by atoms with Crippen molar-refractivity contribution in [3.05, 3.63) is 76.7 Å². The molecule has 2 aromatic carbocycles. The maximum atomic E-state index is 12.5. The number of carbonyl (C=O) groups is 2. The Kier molecular flexibility index (Phi) is 7.07. The molecule has 0 aromatic heterocycles. The van der Waals surface area contributed by atoms with Crippen molar-refractivity contribution in [3.63, 3.8) is 0 Å². The van der Waals surface area contributed by atoms with E-state index in [0.717, 1.165) is 16.8 Å². The van der Waals surface area contributed by atoms with Crippen molar-refractivity contribution in [2.24, 2.45) is 0 Å². The molecule has 0 spiro atoms. The lowest BCUT2D eigenvalue weighted by molar-refractivity contribution is -0.121. The van der Waals surface area contributed by atoms with Crippen LogP contribution in [0.25, 0.3) is 6.08 Å². The van der Waals surface area contributed by atoms with Gasteiger partial charge in [-0.3, -0.25) is 14.5 Å². The highest BCUT2D eigenvalue weighted by atomic mass is 32.2. The predicted molar refractivity (Wildman–Crippen MR) is 127 cm³/mol. The van der Waals surface area contributed by atoms with E-state index in [4.69, 9.17) is 17.0 Å². The van der Waals surface area contributed by atoms with Crippen molar-refractivity contribution >= 4 is 51.9 Å². The number of para-hydroxylation sites is 1. The van der Waals surface area contributed by atoms with Crippen molar-refractivity contribution in [1.29, 1.82) is 0 Å². The van der Waals surface area contributed by atoms with Crippen molar-refractivity contribution in [3.8, 4) is 5.75 Å². The first kappa shape index (κ1) is 21.8. The number of hydrogen-bond donors (Lipinski definition) is 1. The number of anilines is 1. The smallest absolute Gasteiger partial charge is 0.266 e. The number of thiocarbonyl (C=S) groups is 1. The lowest BCUT2D eigenvalue weighted by Gasteiger charge is -2.12. The van der Waals surface area contributed by atoms with Crippen molar-refractivity contribution in [2.75, 3.05) is 18.5 Å². The summed E-state index contributed by atoms with van der Waals surface area (Å²) in [5.74, 6) is 0.101. The highest BCUT2D eigenvalue weighted by molar-refractivity contribution is 8.26. The van der Waals surface area contributed by atoms with Gasteiger partial charge >= 0.3 is 0 Å². The van der Waals surface area contributed by atoms with E-state index in [0.29, 0.717) is 27.1 Å². The fraction of sp³-hybridized carbons (Fsp3) is 0.174. The van der Waals surface area contributed by atoms with Crippen LogP contribution in [0.5, 0.6) is 5.75 Å². The van der Waals surface area contributed by atoms with Crippen LogP contribution in [-0.2, 0) is 9.59 Å². The average Bonchev–Trinajstić information content (AvgIpc) is 2.97. The number of benzene rings is 2. The van der Waals surface area contributed by atoms with Crippen LogP contribution >= 0.6 is 24.0 Å². The van der Waals surface area contributed by atoms with E-state index in [2.05, 4.69) is 11.9 Å². The van der Waals surface area contributed by atoms with E-state index in [-0.39, 0.29) is 18.4 Å². The van der Waals surface area contributed by atoms with Gasteiger partial charge in [-0.2, -0.15) is 0 Å². The van der Waals surface area contributed by atoms with Crippen molar-refractivity contribution in [1.82, 2.24) is 4.90 Å². The monoisotopic (exact) mass is 438 g/mol. The minimum atomic E-state index is -0.255. The second-order valence-corrected chi connectivity index (χ2v) is 8.45. The molecule has 30 heavy (non-hydrogen) atoms. The third-order valence-corrected chi connectivity index (χ3v) is 5.78. The van der Waals surface area contributed by atoms with Gasteiger partial charge < -0.3 is 10.1 Å². The average molecular weight is 439 g/mol. The number of aryl methyl sites for hydroxylation is 2. The van der Waals surface area contributed by atoms with Gasteiger partial charge in [0, 0.05) is 17.8 Å². The molecule has 0 atom stereocenters. The zero-order chi connectivity index (χ0) is 21.7. The third-order valence-electron chi connectivity index (χ3n) is 4.41. The summed E-state index contributed by atoms with van der Waals surface area (Å²) in [6, 6.07) is 13.1. The predicted octanol–water partition coefficient (Wildman–Crippen LogP) is 4.71. The van der Waals surface area contributed by atoms with E-state index in [1.165, 1.54) is 16.7 Å². The molecule has 1 fully saturated rings. The Hall–Kier alpha value is -2.90. The summed E-state index contributed by atoms with van der Waals surface area (Å²) in [7, 11) is 0. The van der Waals surface area contributed by atoms with Gasteiger partial charge in [0.05, 0.1) is 4.91 Å². The van der Waals surface area contributed by atoms with Gasteiger partial charge in [-0.15, -0.1) is 6.58 Å². The fourth-order valence-electron chi connectivity index (χ4n) is 2.94. The molecule has 1 N–H and O–H groups in total. The standard InChI is InChI=1S/C23H22N2O3S2/c1-4-11-25-22(27)20(30-23(25)29)13-17-7-5-6-8-19(17)28-14-21(26)24-18-10-9-15(2)12-16(18)3/h4-10,12-13H,1,11,14H2,2-3H3,(H,24,26)/b20-13-. The molecule has 3 rings (SSSR count). The van der Waals surface area contributed by atoms with E-state index in [1.807, 2.05) is 50.2 Å². The molecule has 2 amide bonds. The van der Waals surface area contributed by atoms with Gasteiger partial charge in [-0.05, 0) is 37.6 Å². The van der Waals surface area contributed by atoms with Crippen LogP contribution in [0.4, 0.5) is 5.69 Å². The number of ether oxygens (including phenoxy) is 1. The largest absolute Gasteiger partial charge is 0.483 e. The summed E-state index contributed by atoms with van der Waals surface area (Å²) in [6.07, 6.45) is 3.37. The topological polar surface area (TPSA) is 58.6 Å². The van der Waals surface area contributed by atoms with Crippen molar-refractivity contribution in [2.45, 2.75) is 13.8 Å². The van der Waals surface area contributed by atoms with Crippen LogP contribution in [0.2, 0.25) is 0 Å². The molecule has 0 radical (unpaired) electrons. The van der Waals surface area contributed by atoms with Gasteiger partial charge in [0.1, 0.15) is 10.1 Å². The zero-order valence-corrected chi connectivity index (χ0v) is 18.4. The molecular weight excluding hydrogens is 416 g/mol. The summed E-state index contributed by atoms with van der Waals surface area (Å²) < 4.78 is 6.24. The summed E-state index contributed by atoms with van der Waals surface area (Å²) >= 11 is 6.51. The quantitative estimate of drug-likeness (QED) is 0.385. The molecule has 7 heteroatoms. The minimum Gasteiger partial charge on any atom is -0.483 e. The normalized spacial score (nSPS) is 14.9. The number of nitrogens with one attached hydrogen (secondary N) is 1. The van der Waals surface area contributed by atoms with Gasteiger partial charge in [0.15, 0.2) is 6.61 Å². The molecule has 1 aliphatic rings. The highest BCUT2D eigenvalue weighted by Gasteiger charge is 2.31. The summed E-state index contributed by atoms with van der Waals surface area (Å²) in [5.41, 5.74) is 3.59. The van der Waals surface area contributed by atoms with Crippen LogP contribution in [0.3, 0.4) is 0 Å². The molecule has 0 bridgehead atoms. The number of thioether (sulfide) groups is 1. The van der Waals surface area contributed by atoms with Crippen LogP contribution in [0, 0.1) is 13.8 Å². The molecule has 1 heterocycles. The van der Waals surface area contributed by atoms with E-state index >= 15 is 0 Å². The second kappa shape index (κ2) is 9.73. The highest BCUT2D eigenvalue weighted by Crippen LogP contribution is 2.34. The van der Waals surface area contributed by atoms with Crippen molar-refractivity contribution < 1.29 is 14.3 Å². The lowest BCUT2D eigenvalue weighted by Crippen LogP contribution is -2.27. The third kappa shape index (κ3) is 5.17. The van der Waals surface area contributed by atoms with E-state index in [9.17, 15) is 9.59 Å². The Morgan fingerprint density at radius 3 is 2.77 bits per heavy atom. The Balaban J connectivity index is 1.70. The maximum Gasteiger partial charge on any atom is 0.266 e. The Labute approximate surface area is 185 Å². The molecule has 0 saturated carbocycles. The van der Waals surface area contributed by atoms with Crippen LogP contribution in [0.1, 0.15) is 16.7 Å². The van der Waals surface area contributed by atoms with E-state index < -0.39 is 0 Å². The molecule has 0 unspecified atom stereocenters. The Morgan fingerprint density at radius 2 is 2.03 bits per heavy atom. The Bertz CT molecular complexity index is 1050. The molecule has 0 aliphatic carbocycles. The molecule has 1 saturated heterocycles. The van der Waals surface area contributed by atoms with Crippen LogP contribution in [-0.4, -0.2) is 34.2 Å². The molecule has 1 aliphatic heterocycles. The number of amides is 2. The molecule has 5 nitrogen and oxygen atoms in total. The first-order valence-corrected chi connectivity index (χ1v) is 10.6. The fourth-order valence-corrected chi connectivity index (χ4v) is 4.21. The number of carbonyl (C=O) groups excluding carboxylic acids is 2. The lowest BCUT2D eigenvalue weighted by atomic mass is 10.1. The summed E-state index contributed by atoms with van der Waals surface area (Å²) in [5, 5.41) is 2.86. The molecule has 154 valence electrons. The number of nitrogens with zero attached hydrogens (tertiary/aromatic N) is 1. The summed E-state index contributed by atoms with van der Waals surface area (Å²) in [4.78, 5) is 26.9. The second-order valence-electron chi connectivity index (χ2n) is 6.77. The number of hydrogen-bond acceptors (Lipinski definition) is 5. The minimum absolute atomic E-state index is 0.143. The SMILES string of the molecule is C=CCN1C(=O)/C(=C/c2ccccc2OCC(=O)Nc2ccc(C)cc2C)SC1=S. The number of rotatable bonds is 7. The van der Waals surface area contributed by atoms with Crippen LogP contribution < -0.4 is 10.1 Å². The van der Waals surface area contributed by atoms with Gasteiger partial charge in [0.25, 0.3) is 11.8 Å². The Morgan fingerprint density at radius 1 is 1.27 bits per heavy atom. The maximum absolute atomic E-state index is 12.5. The zero-order valence-electron chi connectivity index (χ0n) is 16.8. The molecular formula is C23H22N2O3S2. The van der Waals surface area contributed by atoms with Gasteiger partial charge in [-0.1, -0.05) is 66.0 Å². The first-order chi connectivity index (χ1) is 14.4. The first-order valence-electron chi connectivity index (χ1n) is 9.34.